The quantitative estimate of drug-likeness (QED) is 0.113. The van der Waals surface area contributed by atoms with Crippen molar-refractivity contribution in [3.63, 3.8) is 0 Å². The van der Waals surface area contributed by atoms with Crippen LogP contribution in [-0.4, -0.2) is 37.1 Å². The van der Waals surface area contributed by atoms with Crippen LogP contribution in [0.2, 0.25) is 0 Å². The number of carbonyl (C=O) groups is 2. The molecule has 0 aliphatic carbocycles. The summed E-state index contributed by atoms with van der Waals surface area (Å²) in [4.78, 5) is 24.3. The van der Waals surface area contributed by atoms with E-state index in [0.717, 1.165) is 27.8 Å². The van der Waals surface area contributed by atoms with E-state index < -0.39 is 21.7 Å². The minimum Gasteiger partial charge on any atom is -0.508 e. The molecule has 0 aliphatic rings. The highest BCUT2D eigenvalue weighted by atomic mass is 32.2. The van der Waals surface area contributed by atoms with Crippen LogP contribution in [0, 0.1) is 6.92 Å². The second kappa shape index (κ2) is 14.7. The smallest absolute Gasteiger partial charge is 0.335 e. The number of hydrogen-bond acceptors (Lipinski definition) is 6. The van der Waals surface area contributed by atoms with Gasteiger partial charge in [0.1, 0.15) is 11.5 Å². The maximum absolute atomic E-state index is 12.9. The fourth-order valence-electron chi connectivity index (χ4n) is 5.11. The Morgan fingerprint density at radius 2 is 1.55 bits per heavy atom. The van der Waals surface area contributed by atoms with Crippen molar-refractivity contribution in [1.82, 2.24) is 5.32 Å². The number of carboxylic acids is 1. The number of carboxylic acid groups (broad SMARTS) is 1. The van der Waals surface area contributed by atoms with Crippen molar-refractivity contribution in [2.45, 2.75) is 25.6 Å². The lowest BCUT2D eigenvalue weighted by Gasteiger charge is -2.13. The Labute approximate surface area is 273 Å². The van der Waals surface area contributed by atoms with Crippen molar-refractivity contribution < 1.29 is 33.0 Å². The lowest BCUT2D eigenvalue weighted by Crippen LogP contribution is -2.22. The lowest BCUT2D eigenvalue weighted by molar-refractivity contribution is 0.0695. The average molecular weight is 651 g/mol. The van der Waals surface area contributed by atoms with Crippen LogP contribution >= 0.6 is 0 Å². The Balaban J connectivity index is 1.12. The molecule has 0 aromatic heterocycles. The second-order valence-corrected chi connectivity index (χ2v) is 12.8. The topological polar surface area (TPSA) is 142 Å². The maximum Gasteiger partial charge on any atom is 0.335 e. The highest BCUT2D eigenvalue weighted by molar-refractivity contribution is 7.91. The highest BCUT2D eigenvalue weighted by Gasteiger charge is 2.17. The van der Waals surface area contributed by atoms with Crippen LogP contribution in [-0.2, 0) is 28.7 Å². The molecule has 5 rings (SSSR count). The van der Waals surface area contributed by atoms with Gasteiger partial charge in [0.2, 0.25) is 10.0 Å². The van der Waals surface area contributed by atoms with Crippen molar-refractivity contribution in [2.24, 2.45) is 0 Å². The van der Waals surface area contributed by atoms with Crippen LogP contribution in [0.4, 0.5) is 5.69 Å². The summed E-state index contributed by atoms with van der Waals surface area (Å²) in [5.74, 6) is -0.952. The Morgan fingerprint density at radius 3 is 2.32 bits per heavy atom. The van der Waals surface area contributed by atoms with Crippen molar-refractivity contribution in [3.05, 3.63) is 149 Å². The van der Waals surface area contributed by atoms with Crippen molar-refractivity contribution in [3.8, 4) is 22.6 Å². The molecule has 0 aliphatic heterocycles. The van der Waals surface area contributed by atoms with Gasteiger partial charge in [-0.05, 0) is 88.8 Å². The zero-order valence-corrected chi connectivity index (χ0v) is 26.5. The van der Waals surface area contributed by atoms with Gasteiger partial charge in [-0.1, -0.05) is 66.7 Å². The largest absolute Gasteiger partial charge is 0.508 e. The van der Waals surface area contributed by atoms with Gasteiger partial charge in [0.05, 0.1) is 17.9 Å². The van der Waals surface area contributed by atoms with E-state index in [0.29, 0.717) is 36.6 Å². The standard InChI is InChI=1S/C37H34N2O7S/c1-25-20-27(23-38-36(41)30-9-5-8-29(22-30)28-13-15-33(40)16-14-28)12-17-35(25)46-19-18-26-6-4-10-32(21-26)39-47(44,45)24-31-7-2-3-11-34(31)37(42)43/h2-17,20-22,39-40H,18-19,23-24H2,1H3,(H,38,41)(H,42,43). The summed E-state index contributed by atoms with van der Waals surface area (Å²) in [5, 5.41) is 21.9. The Kier molecular flexibility index (Phi) is 10.2. The van der Waals surface area contributed by atoms with E-state index in [-0.39, 0.29) is 22.8 Å². The number of amides is 1. The van der Waals surface area contributed by atoms with Gasteiger partial charge in [0.15, 0.2) is 0 Å². The number of phenolic OH excluding ortho intramolecular Hbond substituents is 1. The number of benzene rings is 5. The van der Waals surface area contributed by atoms with E-state index in [4.69, 9.17) is 4.74 Å². The molecule has 0 atom stereocenters. The Morgan fingerprint density at radius 1 is 0.787 bits per heavy atom. The second-order valence-electron chi connectivity index (χ2n) is 11.0. The van der Waals surface area contributed by atoms with Crippen LogP contribution in [0.3, 0.4) is 0 Å². The van der Waals surface area contributed by atoms with E-state index in [1.54, 1.807) is 60.7 Å². The van der Waals surface area contributed by atoms with Crippen LogP contribution in [0.1, 0.15) is 43.0 Å². The number of phenols is 1. The minimum atomic E-state index is -3.85. The predicted molar refractivity (Wildman–Crippen MR) is 181 cm³/mol. The number of aryl methyl sites for hydroxylation is 1. The third-order valence-corrected chi connectivity index (χ3v) is 8.70. The van der Waals surface area contributed by atoms with Crippen molar-refractivity contribution >= 4 is 27.6 Å². The number of nitrogens with one attached hydrogen (secondary N) is 2. The van der Waals surface area contributed by atoms with Crippen LogP contribution < -0.4 is 14.8 Å². The molecule has 240 valence electrons. The molecule has 0 saturated carbocycles. The number of sulfonamides is 1. The van der Waals surface area contributed by atoms with Crippen molar-refractivity contribution in [1.29, 1.82) is 0 Å². The average Bonchev–Trinajstić information content (AvgIpc) is 3.05. The zero-order chi connectivity index (χ0) is 33.4. The lowest BCUT2D eigenvalue weighted by atomic mass is 10.0. The SMILES string of the molecule is Cc1cc(CNC(=O)c2cccc(-c3ccc(O)cc3)c2)ccc1OCCc1cccc(NS(=O)(=O)Cc2ccccc2C(=O)O)c1. The predicted octanol–water partition coefficient (Wildman–Crippen LogP) is 6.56. The summed E-state index contributed by atoms with van der Waals surface area (Å²) in [6, 6.07) is 32.9. The first kappa shape index (κ1) is 32.8. The summed E-state index contributed by atoms with van der Waals surface area (Å²) < 4.78 is 34.1. The van der Waals surface area contributed by atoms with E-state index >= 15 is 0 Å². The molecule has 0 spiro atoms. The molecular formula is C37H34N2O7S. The number of carbonyl (C=O) groups excluding carboxylic acids is 1. The third kappa shape index (κ3) is 8.99. The zero-order valence-electron chi connectivity index (χ0n) is 25.6. The molecule has 5 aromatic carbocycles. The third-order valence-electron chi connectivity index (χ3n) is 7.46. The van der Waals surface area contributed by atoms with Crippen LogP contribution in [0.25, 0.3) is 11.1 Å². The van der Waals surface area contributed by atoms with Crippen LogP contribution in [0.5, 0.6) is 11.5 Å². The molecule has 0 saturated heterocycles. The minimum absolute atomic E-state index is 0.0506. The summed E-state index contributed by atoms with van der Waals surface area (Å²) in [6.45, 7) is 2.63. The number of rotatable bonds is 13. The molecule has 0 unspecified atom stereocenters. The van der Waals surface area contributed by atoms with Gasteiger partial charge in [-0.2, -0.15) is 0 Å². The molecule has 5 aromatic rings. The summed E-state index contributed by atoms with van der Waals surface area (Å²) in [7, 11) is -3.85. The van der Waals surface area contributed by atoms with Gasteiger partial charge in [0.25, 0.3) is 5.91 Å². The van der Waals surface area contributed by atoms with Gasteiger partial charge in [0, 0.05) is 24.2 Å². The van der Waals surface area contributed by atoms with Gasteiger partial charge < -0.3 is 20.3 Å². The van der Waals surface area contributed by atoms with Gasteiger partial charge >= 0.3 is 5.97 Å². The van der Waals surface area contributed by atoms with Crippen LogP contribution in [0.15, 0.2) is 115 Å². The summed E-state index contributed by atoms with van der Waals surface area (Å²) >= 11 is 0. The molecule has 4 N–H and O–H groups in total. The maximum atomic E-state index is 12.9. The van der Waals surface area contributed by atoms with E-state index in [1.165, 1.54) is 12.1 Å². The molecule has 9 nitrogen and oxygen atoms in total. The van der Waals surface area contributed by atoms with Gasteiger partial charge in [-0.3, -0.25) is 9.52 Å². The Hall–Kier alpha value is -5.61. The van der Waals surface area contributed by atoms with E-state index in [2.05, 4.69) is 10.0 Å². The summed E-state index contributed by atoms with van der Waals surface area (Å²) in [5.41, 5.74) is 5.54. The van der Waals surface area contributed by atoms with E-state index in [1.807, 2.05) is 49.4 Å². The fraction of sp³-hybridized carbons (Fsp3) is 0.135. The number of aromatic hydroxyl groups is 1. The number of aromatic carboxylic acids is 1. The highest BCUT2D eigenvalue weighted by Crippen LogP contribution is 2.24. The normalized spacial score (nSPS) is 11.1. The number of anilines is 1. The number of hydrogen-bond donors (Lipinski definition) is 4. The van der Waals surface area contributed by atoms with Gasteiger partial charge in [-0.15, -0.1) is 0 Å². The molecule has 47 heavy (non-hydrogen) atoms. The molecule has 0 bridgehead atoms. The van der Waals surface area contributed by atoms with E-state index in [9.17, 15) is 28.2 Å². The first-order valence-electron chi connectivity index (χ1n) is 14.9. The molecule has 1 amide bonds. The molecule has 0 heterocycles. The fourth-order valence-corrected chi connectivity index (χ4v) is 6.33. The first-order valence-corrected chi connectivity index (χ1v) is 16.5. The first-order chi connectivity index (χ1) is 22.6. The van der Waals surface area contributed by atoms with Crippen molar-refractivity contribution in [2.75, 3.05) is 11.3 Å². The molecule has 10 heteroatoms. The van der Waals surface area contributed by atoms with Gasteiger partial charge in [-0.25, -0.2) is 13.2 Å². The monoisotopic (exact) mass is 650 g/mol. The summed E-state index contributed by atoms with van der Waals surface area (Å²) in [6.07, 6.45) is 0.526. The molecular weight excluding hydrogens is 616 g/mol. The number of ether oxygens (including phenoxy) is 1. The molecule has 0 radical (unpaired) electrons. The molecule has 0 fully saturated rings. The Bertz CT molecular complexity index is 2010.